The Kier molecular flexibility index (Phi) is 2.27. The van der Waals surface area contributed by atoms with Gasteiger partial charge in [0.1, 0.15) is 0 Å². The Hall–Kier alpha value is -0.570. The van der Waals surface area contributed by atoms with Gasteiger partial charge in [0.25, 0.3) is 0 Å². The van der Waals surface area contributed by atoms with Gasteiger partial charge in [0.05, 0.1) is 0 Å². The zero-order chi connectivity index (χ0) is 7.56. The maximum atomic E-state index is 10.8. The van der Waals surface area contributed by atoms with Gasteiger partial charge in [0, 0.05) is 25.0 Å². The SMILES string of the molecule is CCC1NC(=O)CC1CO. The van der Waals surface area contributed by atoms with Crippen LogP contribution in [0.2, 0.25) is 0 Å². The van der Waals surface area contributed by atoms with Crippen LogP contribution in [0.4, 0.5) is 0 Å². The highest BCUT2D eigenvalue weighted by atomic mass is 16.3. The lowest BCUT2D eigenvalue weighted by atomic mass is 10.0. The van der Waals surface area contributed by atoms with Gasteiger partial charge < -0.3 is 10.4 Å². The van der Waals surface area contributed by atoms with Crippen LogP contribution >= 0.6 is 0 Å². The molecular formula is C7H13NO2. The van der Waals surface area contributed by atoms with Crippen molar-refractivity contribution >= 4 is 5.91 Å². The van der Waals surface area contributed by atoms with Gasteiger partial charge in [-0.1, -0.05) is 6.92 Å². The van der Waals surface area contributed by atoms with Gasteiger partial charge in [-0.25, -0.2) is 0 Å². The largest absolute Gasteiger partial charge is 0.396 e. The molecule has 0 saturated carbocycles. The van der Waals surface area contributed by atoms with E-state index in [0.717, 1.165) is 6.42 Å². The summed E-state index contributed by atoms with van der Waals surface area (Å²) in [6.45, 7) is 2.14. The molecule has 58 valence electrons. The number of carbonyl (C=O) groups is 1. The summed E-state index contributed by atoms with van der Waals surface area (Å²) in [6.07, 6.45) is 1.41. The Balaban J connectivity index is 2.48. The number of amides is 1. The Morgan fingerprint density at radius 1 is 1.80 bits per heavy atom. The highest BCUT2D eigenvalue weighted by Gasteiger charge is 2.29. The number of hydrogen-bond acceptors (Lipinski definition) is 2. The van der Waals surface area contributed by atoms with Crippen molar-refractivity contribution in [3.63, 3.8) is 0 Å². The highest BCUT2D eigenvalue weighted by molar-refractivity contribution is 5.79. The van der Waals surface area contributed by atoms with E-state index in [4.69, 9.17) is 5.11 Å². The summed E-state index contributed by atoms with van der Waals surface area (Å²) >= 11 is 0. The summed E-state index contributed by atoms with van der Waals surface area (Å²) in [6, 6.07) is 0.206. The zero-order valence-electron chi connectivity index (χ0n) is 6.13. The van der Waals surface area contributed by atoms with E-state index in [-0.39, 0.29) is 24.5 Å². The van der Waals surface area contributed by atoms with Gasteiger partial charge in [-0.2, -0.15) is 0 Å². The summed E-state index contributed by atoms with van der Waals surface area (Å²) in [5.41, 5.74) is 0. The third-order valence-electron chi connectivity index (χ3n) is 2.04. The standard InChI is InChI=1S/C7H13NO2/c1-2-6-5(4-9)3-7(10)8-6/h5-6,9H,2-4H2,1H3,(H,8,10). The number of nitrogens with one attached hydrogen (secondary N) is 1. The molecule has 2 N–H and O–H groups in total. The van der Waals surface area contributed by atoms with Crippen molar-refractivity contribution < 1.29 is 9.90 Å². The summed E-state index contributed by atoms with van der Waals surface area (Å²) in [5, 5.41) is 11.6. The first-order valence-corrected chi connectivity index (χ1v) is 3.68. The van der Waals surface area contributed by atoms with Crippen molar-refractivity contribution in [2.75, 3.05) is 6.61 Å². The average molecular weight is 143 g/mol. The fraction of sp³-hybridized carbons (Fsp3) is 0.857. The lowest BCUT2D eigenvalue weighted by Gasteiger charge is -2.12. The van der Waals surface area contributed by atoms with Gasteiger partial charge in [-0.05, 0) is 6.42 Å². The molecule has 3 heteroatoms. The number of hydrogen-bond donors (Lipinski definition) is 2. The second-order valence-electron chi connectivity index (χ2n) is 2.73. The molecule has 2 unspecified atom stereocenters. The monoisotopic (exact) mass is 143 g/mol. The maximum Gasteiger partial charge on any atom is 0.220 e. The van der Waals surface area contributed by atoms with Gasteiger partial charge in [-0.15, -0.1) is 0 Å². The van der Waals surface area contributed by atoms with Crippen LogP contribution in [-0.4, -0.2) is 23.7 Å². The highest BCUT2D eigenvalue weighted by Crippen LogP contribution is 2.17. The normalized spacial score (nSPS) is 32.4. The minimum absolute atomic E-state index is 0.0749. The van der Waals surface area contributed by atoms with Crippen molar-refractivity contribution in [1.29, 1.82) is 0 Å². The van der Waals surface area contributed by atoms with Crippen LogP contribution in [0.3, 0.4) is 0 Å². The lowest BCUT2D eigenvalue weighted by Crippen LogP contribution is -2.29. The molecule has 0 aromatic rings. The molecular weight excluding hydrogens is 130 g/mol. The third kappa shape index (κ3) is 1.29. The summed E-state index contributed by atoms with van der Waals surface area (Å²) in [4.78, 5) is 10.8. The second-order valence-corrected chi connectivity index (χ2v) is 2.73. The first-order chi connectivity index (χ1) is 4.77. The molecule has 0 spiro atoms. The maximum absolute atomic E-state index is 10.8. The summed E-state index contributed by atoms with van der Waals surface area (Å²) < 4.78 is 0. The van der Waals surface area contributed by atoms with E-state index in [9.17, 15) is 4.79 Å². The van der Waals surface area contributed by atoms with Crippen molar-refractivity contribution in [3.8, 4) is 0 Å². The van der Waals surface area contributed by atoms with Crippen LogP contribution in [0.25, 0.3) is 0 Å². The minimum atomic E-state index is 0.0749. The van der Waals surface area contributed by atoms with Crippen molar-refractivity contribution in [3.05, 3.63) is 0 Å². The molecule has 0 radical (unpaired) electrons. The van der Waals surface area contributed by atoms with Gasteiger partial charge in [0.15, 0.2) is 0 Å². The van der Waals surface area contributed by atoms with E-state index in [2.05, 4.69) is 5.32 Å². The quantitative estimate of drug-likeness (QED) is 0.566. The molecule has 1 aliphatic heterocycles. The Morgan fingerprint density at radius 2 is 2.50 bits per heavy atom. The smallest absolute Gasteiger partial charge is 0.220 e. The van der Waals surface area contributed by atoms with Crippen LogP contribution in [0.1, 0.15) is 19.8 Å². The van der Waals surface area contributed by atoms with Crippen LogP contribution < -0.4 is 5.32 Å². The molecule has 0 bridgehead atoms. The number of carbonyl (C=O) groups excluding carboxylic acids is 1. The molecule has 2 atom stereocenters. The molecule has 1 saturated heterocycles. The number of rotatable bonds is 2. The number of aliphatic hydroxyl groups excluding tert-OH is 1. The van der Waals surface area contributed by atoms with Crippen LogP contribution in [0.5, 0.6) is 0 Å². The first-order valence-electron chi connectivity index (χ1n) is 3.68. The fourth-order valence-corrected chi connectivity index (χ4v) is 1.39. The summed E-state index contributed by atoms with van der Waals surface area (Å²) in [7, 11) is 0. The first kappa shape index (κ1) is 7.54. The molecule has 0 aliphatic carbocycles. The van der Waals surface area contributed by atoms with Gasteiger partial charge in [-0.3, -0.25) is 4.79 Å². The molecule has 1 aliphatic rings. The van der Waals surface area contributed by atoms with E-state index in [1.54, 1.807) is 0 Å². The number of aliphatic hydroxyl groups is 1. The molecule has 1 fully saturated rings. The van der Waals surface area contributed by atoms with Gasteiger partial charge >= 0.3 is 0 Å². The molecule has 1 heterocycles. The zero-order valence-corrected chi connectivity index (χ0v) is 6.13. The van der Waals surface area contributed by atoms with Crippen LogP contribution in [-0.2, 0) is 4.79 Å². The molecule has 1 rings (SSSR count). The van der Waals surface area contributed by atoms with E-state index < -0.39 is 0 Å². The topological polar surface area (TPSA) is 49.3 Å². The van der Waals surface area contributed by atoms with Crippen LogP contribution in [0, 0.1) is 5.92 Å². The molecule has 1 amide bonds. The lowest BCUT2D eigenvalue weighted by molar-refractivity contribution is -0.119. The van der Waals surface area contributed by atoms with Crippen molar-refractivity contribution in [1.82, 2.24) is 5.32 Å². The fourth-order valence-electron chi connectivity index (χ4n) is 1.39. The Bertz CT molecular complexity index is 122. The average Bonchev–Trinajstić information content (AvgIpc) is 2.30. The molecule has 3 nitrogen and oxygen atoms in total. The minimum Gasteiger partial charge on any atom is -0.396 e. The van der Waals surface area contributed by atoms with Crippen molar-refractivity contribution in [2.45, 2.75) is 25.8 Å². The Labute approximate surface area is 60.4 Å². The summed E-state index contributed by atoms with van der Waals surface area (Å²) in [5.74, 6) is 0.225. The van der Waals surface area contributed by atoms with E-state index in [0.29, 0.717) is 6.42 Å². The van der Waals surface area contributed by atoms with E-state index in [1.807, 2.05) is 6.92 Å². The van der Waals surface area contributed by atoms with Crippen LogP contribution in [0.15, 0.2) is 0 Å². The molecule has 0 aromatic carbocycles. The molecule has 0 aromatic heterocycles. The molecule has 10 heavy (non-hydrogen) atoms. The Morgan fingerprint density at radius 3 is 2.90 bits per heavy atom. The third-order valence-corrected chi connectivity index (χ3v) is 2.04. The van der Waals surface area contributed by atoms with E-state index in [1.165, 1.54) is 0 Å². The second kappa shape index (κ2) is 3.01. The predicted octanol–water partition coefficient (Wildman–Crippen LogP) is -0.107. The van der Waals surface area contributed by atoms with Gasteiger partial charge in [0.2, 0.25) is 5.91 Å². The predicted molar refractivity (Wildman–Crippen MR) is 37.4 cm³/mol. The van der Waals surface area contributed by atoms with Crippen molar-refractivity contribution in [2.24, 2.45) is 5.92 Å². The van der Waals surface area contributed by atoms with E-state index >= 15 is 0 Å².